The van der Waals surface area contributed by atoms with Crippen molar-refractivity contribution in [2.24, 2.45) is 5.73 Å². The number of rotatable bonds is 2. The summed E-state index contributed by atoms with van der Waals surface area (Å²) in [7, 11) is 0. The minimum Gasteiger partial charge on any atom is -0.351 e. The van der Waals surface area contributed by atoms with Crippen LogP contribution in [0.25, 0.3) is 11.3 Å². The summed E-state index contributed by atoms with van der Waals surface area (Å²) in [5.41, 5.74) is 7.59. The first-order chi connectivity index (χ1) is 10.6. The van der Waals surface area contributed by atoms with Crippen molar-refractivity contribution in [2.45, 2.75) is 18.8 Å². The van der Waals surface area contributed by atoms with Gasteiger partial charge in [-0.1, -0.05) is 30.3 Å². The third-order valence-corrected chi connectivity index (χ3v) is 4.15. The molecule has 6 heteroatoms. The Hall–Kier alpha value is -2.63. The van der Waals surface area contributed by atoms with Crippen LogP contribution in [-0.2, 0) is 0 Å². The maximum atomic E-state index is 12.1. The molecule has 114 valence electrons. The molecule has 1 aliphatic rings. The van der Waals surface area contributed by atoms with Gasteiger partial charge in [0.1, 0.15) is 0 Å². The fourth-order valence-electron chi connectivity index (χ4n) is 2.89. The Labute approximate surface area is 128 Å². The molecule has 2 amide bonds. The number of urea groups is 1. The monoisotopic (exact) mass is 298 g/mol. The molecule has 0 aliphatic carbocycles. The maximum Gasteiger partial charge on any atom is 0.314 e. The van der Waals surface area contributed by atoms with E-state index in [0.717, 1.165) is 29.7 Å². The normalized spacial score (nSPS) is 15.7. The molecule has 0 unspecified atom stereocenters. The van der Waals surface area contributed by atoms with Crippen LogP contribution < -0.4 is 11.3 Å². The van der Waals surface area contributed by atoms with E-state index in [1.165, 1.54) is 0 Å². The zero-order chi connectivity index (χ0) is 15.5. The molecule has 1 fully saturated rings. The van der Waals surface area contributed by atoms with Gasteiger partial charge in [0.15, 0.2) is 0 Å². The number of aromatic nitrogens is 2. The Balaban J connectivity index is 1.85. The number of piperidine rings is 1. The number of aromatic amines is 1. The van der Waals surface area contributed by atoms with Gasteiger partial charge in [-0.05, 0) is 24.8 Å². The number of carbonyl (C=O) groups excluding carboxylic acids is 1. The van der Waals surface area contributed by atoms with Crippen LogP contribution in [0, 0.1) is 0 Å². The number of hydrogen-bond acceptors (Lipinski definition) is 3. The van der Waals surface area contributed by atoms with Crippen LogP contribution in [0.4, 0.5) is 4.79 Å². The van der Waals surface area contributed by atoms with E-state index in [-0.39, 0.29) is 11.5 Å². The molecule has 3 N–H and O–H groups in total. The molecule has 2 aromatic rings. The lowest BCUT2D eigenvalue weighted by molar-refractivity contribution is 0.190. The molecule has 0 spiro atoms. The van der Waals surface area contributed by atoms with Crippen molar-refractivity contribution in [1.29, 1.82) is 0 Å². The van der Waals surface area contributed by atoms with Gasteiger partial charge in [0.05, 0.1) is 5.69 Å². The number of primary amides is 1. The Morgan fingerprint density at radius 2 is 1.91 bits per heavy atom. The highest BCUT2D eigenvalue weighted by molar-refractivity contribution is 5.72. The molecule has 22 heavy (non-hydrogen) atoms. The van der Waals surface area contributed by atoms with Gasteiger partial charge < -0.3 is 10.6 Å². The molecule has 1 saturated heterocycles. The smallest absolute Gasteiger partial charge is 0.314 e. The highest BCUT2D eigenvalue weighted by atomic mass is 16.2. The van der Waals surface area contributed by atoms with E-state index in [9.17, 15) is 9.59 Å². The number of carbonyl (C=O) groups is 1. The highest BCUT2D eigenvalue weighted by Crippen LogP contribution is 2.27. The summed E-state index contributed by atoms with van der Waals surface area (Å²) >= 11 is 0. The number of amides is 2. The number of benzene rings is 1. The quantitative estimate of drug-likeness (QED) is 0.883. The summed E-state index contributed by atoms with van der Waals surface area (Å²) in [5.74, 6) is 0.129. The molecule has 6 nitrogen and oxygen atoms in total. The van der Waals surface area contributed by atoms with E-state index in [1.54, 1.807) is 4.90 Å². The third-order valence-electron chi connectivity index (χ3n) is 4.15. The van der Waals surface area contributed by atoms with Gasteiger partial charge in [0.2, 0.25) is 0 Å². The fraction of sp³-hybridized carbons (Fsp3) is 0.312. The molecule has 0 saturated carbocycles. The summed E-state index contributed by atoms with van der Waals surface area (Å²) in [6.45, 7) is 1.17. The van der Waals surface area contributed by atoms with Crippen LogP contribution in [-0.4, -0.2) is 34.2 Å². The third kappa shape index (κ3) is 2.86. The van der Waals surface area contributed by atoms with Gasteiger partial charge in [-0.3, -0.25) is 4.79 Å². The van der Waals surface area contributed by atoms with Crippen molar-refractivity contribution in [3.05, 3.63) is 52.3 Å². The molecule has 1 aromatic heterocycles. The summed E-state index contributed by atoms with van der Waals surface area (Å²) < 4.78 is 0. The Kier molecular flexibility index (Phi) is 3.91. The first-order valence-electron chi connectivity index (χ1n) is 7.34. The fourth-order valence-corrected chi connectivity index (χ4v) is 2.89. The molecule has 2 heterocycles. The Morgan fingerprint density at radius 1 is 1.23 bits per heavy atom. The van der Waals surface area contributed by atoms with Crippen molar-refractivity contribution in [3.8, 4) is 11.3 Å². The predicted octanol–water partition coefficient (Wildman–Crippen LogP) is 1.69. The molecule has 1 aliphatic heterocycles. The predicted molar refractivity (Wildman–Crippen MR) is 83.4 cm³/mol. The number of nitrogens with zero attached hydrogens (tertiary/aromatic N) is 2. The van der Waals surface area contributed by atoms with Crippen molar-refractivity contribution < 1.29 is 4.79 Å². The van der Waals surface area contributed by atoms with Crippen LogP contribution in [0.15, 0.2) is 41.2 Å². The number of nitrogens with one attached hydrogen (secondary N) is 1. The summed E-state index contributed by atoms with van der Waals surface area (Å²) in [6.07, 6.45) is 1.48. The molecule has 1 aromatic carbocycles. The van der Waals surface area contributed by atoms with E-state index in [0.29, 0.717) is 13.1 Å². The van der Waals surface area contributed by atoms with E-state index in [2.05, 4.69) is 10.2 Å². The van der Waals surface area contributed by atoms with Gasteiger partial charge >= 0.3 is 6.03 Å². The van der Waals surface area contributed by atoms with E-state index in [4.69, 9.17) is 5.73 Å². The number of nitrogens with two attached hydrogens (primary N) is 1. The van der Waals surface area contributed by atoms with Crippen molar-refractivity contribution in [3.63, 3.8) is 0 Å². The summed E-state index contributed by atoms with van der Waals surface area (Å²) in [4.78, 5) is 24.9. The van der Waals surface area contributed by atoms with Crippen molar-refractivity contribution in [2.75, 3.05) is 13.1 Å². The van der Waals surface area contributed by atoms with Gasteiger partial charge in [-0.25, -0.2) is 9.89 Å². The first-order valence-corrected chi connectivity index (χ1v) is 7.34. The van der Waals surface area contributed by atoms with E-state index in [1.807, 2.05) is 36.4 Å². The van der Waals surface area contributed by atoms with Crippen LogP contribution >= 0.6 is 0 Å². The van der Waals surface area contributed by atoms with Crippen molar-refractivity contribution in [1.82, 2.24) is 15.1 Å². The average Bonchev–Trinajstić information content (AvgIpc) is 2.56. The molecule has 3 rings (SSSR count). The second kappa shape index (κ2) is 6.01. The van der Waals surface area contributed by atoms with Crippen molar-refractivity contribution >= 4 is 6.03 Å². The number of hydrogen-bond donors (Lipinski definition) is 2. The zero-order valence-corrected chi connectivity index (χ0v) is 12.2. The second-order valence-corrected chi connectivity index (χ2v) is 5.50. The second-order valence-electron chi connectivity index (χ2n) is 5.50. The lowest BCUT2D eigenvalue weighted by Gasteiger charge is -2.30. The topological polar surface area (TPSA) is 92.1 Å². The first kappa shape index (κ1) is 14.3. The zero-order valence-electron chi connectivity index (χ0n) is 12.2. The number of H-pyrrole nitrogens is 1. The van der Waals surface area contributed by atoms with Crippen LogP contribution in [0.5, 0.6) is 0 Å². The SMILES string of the molecule is NC(=O)N1CCC(c2cc(-c3ccccc3)n[nH]c2=O)CC1. The standard InChI is InChI=1S/C16H18N4O2/c17-16(22)20-8-6-11(7-9-20)13-10-14(18-19-15(13)21)12-4-2-1-3-5-12/h1-5,10-11H,6-9H2,(H2,17,22)(H,19,21). The van der Waals surface area contributed by atoms with E-state index >= 15 is 0 Å². The van der Waals surface area contributed by atoms with Gasteiger partial charge in [0.25, 0.3) is 5.56 Å². The average molecular weight is 298 g/mol. The highest BCUT2D eigenvalue weighted by Gasteiger charge is 2.24. The lowest BCUT2D eigenvalue weighted by Crippen LogP contribution is -2.41. The van der Waals surface area contributed by atoms with E-state index < -0.39 is 6.03 Å². The molecule has 0 atom stereocenters. The summed E-state index contributed by atoms with van der Waals surface area (Å²) in [5, 5.41) is 6.71. The molecular weight excluding hydrogens is 280 g/mol. The Bertz CT molecular complexity index is 718. The van der Waals surface area contributed by atoms with Crippen LogP contribution in [0.2, 0.25) is 0 Å². The minimum atomic E-state index is -0.396. The largest absolute Gasteiger partial charge is 0.351 e. The molecule has 0 bridgehead atoms. The van der Waals surface area contributed by atoms with Gasteiger partial charge in [0, 0.05) is 24.2 Å². The van der Waals surface area contributed by atoms with Gasteiger partial charge in [-0.15, -0.1) is 0 Å². The van der Waals surface area contributed by atoms with Crippen LogP contribution in [0.3, 0.4) is 0 Å². The Morgan fingerprint density at radius 3 is 2.55 bits per heavy atom. The maximum absolute atomic E-state index is 12.1. The lowest BCUT2D eigenvalue weighted by atomic mass is 9.90. The molecule has 0 radical (unpaired) electrons. The van der Waals surface area contributed by atoms with Gasteiger partial charge in [-0.2, -0.15) is 5.10 Å². The molecular formula is C16H18N4O2. The summed E-state index contributed by atoms with van der Waals surface area (Å²) in [6, 6.07) is 11.2. The van der Waals surface area contributed by atoms with Crippen LogP contribution in [0.1, 0.15) is 24.3 Å². The minimum absolute atomic E-state index is 0.129. The number of likely N-dealkylation sites (tertiary alicyclic amines) is 1.